The summed E-state index contributed by atoms with van der Waals surface area (Å²) in [5, 5.41) is 6.44. The third-order valence-electron chi connectivity index (χ3n) is 9.46. The lowest BCUT2D eigenvalue weighted by molar-refractivity contribution is -0.125. The maximum atomic E-state index is 12.9. The molecular formula is C40H51N5O5. The molecule has 1 aliphatic heterocycles. The van der Waals surface area contributed by atoms with Crippen LogP contribution in [0, 0.1) is 41.5 Å². The predicted octanol–water partition coefficient (Wildman–Crippen LogP) is 5.71. The highest BCUT2D eigenvalue weighted by Crippen LogP contribution is 2.35. The molecular weight excluding hydrogens is 630 g/mol. The number of carbonyl (C=O) groups excluding carboxylic acids is 2. The summed E-state index contributed by atoms with van der Waals surface area (Å²) in [4.78, 5) is 45.3. The van der Waals surface area contributed by atoms with Gasteiger partial charge in [0, 0.05) is 61.2 Å². The summed E-state index contributed by atoms with van der Waals surface area (Å²) in [6.45, 7) is 20.7. The van der Waals surface area contributed by atoms with Gasteiger partial charge in [0.15, 0.2) is 0 Å². The average molecular weight is 682 g/mol. The Morgan fingerprint density at radius 2 is 1.48 bits per heavy atom. The summed E-state index contributed by atoms with van der Waals surface area (Å²) in [6.07, 6.45) is 0. The largest absolute Gasteiger partial charge is 0.422 e. The number of hydrogen-bond acceptors (Lipinski definition) is 8. The number of ether oxygens (including phenoxy) is 1. The van der Waals surface area contributed by atoms with E-state index in [1.165, 1.54) is 44.8 Å². The smallest absolute Gasteiger partial charge is 0.349 e. The fraction of sp³-hybridized carbons (Fsp3) is 0.425. The summed E-state index contributed by atoms with van der Waals surface area (Å²) in [7, 11) is 0. The van der Waals surface area contributed by atoms with Gasteiger partial charge in [-0.05, 0) is 95.8 Å². The van der Waals surface area contributed by atoms with Gasteiger partial charge in [0.2, 0.25) is 5.91 Å². The van der Waals surface area contributed by atoms with Crippen molar-refractivity contribution in [3.8, 4) is 0 Å². The Labute approximate surface area is 295 Å². The van der Waals surface area contributed by atoms with Crippen molar-refractivity contribution >= 4 is 39.8 Å². The average Bonchev–Trinajstić information content (AvgIpc) is 3.45. The molecule has 0 saturated carbocycles. The van der Waals surface area contributed by atoms with Crippen molar-refractivity contribution in [2.24, 2.45) is 0 Å². The van der Waals surface area contributed by atoms with Crippen LogP contribution in [0.25, 0.3) is 11.0 Å². The molecule has 3 aromatic carbocycles. The van der Waals surface area contributed by atoms with E-state index in [1.54, 1.807) is 6.07 Å². The minimum atomic E-state index is -0.699. The van der Waals surface area contributed by atoms with Gasteiger partial charge in [0.05, 0.1) is 19.3 Å². The number of rotatable bonds is 13. The molecule has 1 saturated heterocycles. The van der Waals surface area contributed by atoms with E-state index in [1.807, 2.05) is 18.2 Å². The van der Waals surface area contributed by atoms with Crippen LogP contribution >= 0.6 is 0 Å². The first kappa shape index (κ1) is 36.5. The van der Waals surface area contributed by atoms with Crippen LogP contribution in [0.2, 0.25) is 0 Å². The highest BCUT2D eigenvalue weighted by molar-refractivity contribution is 5.97. The standard InChI is InChI=1S/C40H51N5O5/c1-9-43(10-2)32-12-11-31-19-34(40(48)50-35(31)20-32)39(47)41-13-14-49-23-36(46)42-21-33-22-44(37-27(5)15-25(3)16-28(37)6)24-45(33)38-29(7)17-26(4)18-30(38)8/h11-12,15-20,33H,9-10,13-14,21-24H2,1-8H3,(H,41,47)(H,42,46). The molecule has 50 heavy (non-hydrogen) atoms. The summed E-state index contributed by atoms with van der Waals surface area (Å²) >= 11 is 0. The molecule has 1 aliphatic rings. The third-order valence-corrected chi connectivity index (χ3v) is 9.46. The Kier molecular flexibility index (Phi) is 11.5. The van der Waals surface area contributed by atoms with Crippen molar-refractivity contribution in [2.45, 2.75) is 61.4 Å². The quantitative estimate of drug-likeness (QED) is 0.137. The fourth-order valence-electron chi connectivity index (χ4n) is 7.42. The van der Waals surface area contributed by atoms with E-state index in [4.69, 9.17) is 9.15 Å². The molecule has 2 amide bonds. The van der Waals surface area contributed by atoms with Crippen molar-refractivity contribution in [1.82, 2.24) is 10.6 Å². The summed E-state index contributed by atoms with van der Waals surface area (Å²) < 4.78 is 11.1. The van der Waals surface area contributed by atoms with Crippen LogP contribution in [-0.2, 0) is 9.53 Å². The molecule has 1 fully saturated rings. The Balaban J connectivity index is 1.15. The zero-order chi connectivity index (χ0) is 36.1. The molecule has 10 heteroatoms. The molecule has 0 aliphatic carbocycles. The minimum Gasteiger partial charge on any atom is -0.422 e. The number of carbonyl (C=O) groups is 2. The summed E-state index contributed by atoms with van der Waals surface area (Å²) in [6, 6.07) is 16.1. The molecule has 1 unspecified atom stereocenters. The number of nitrogens with one attached hydrogen (secondary N) is 2. The van der Waals surface area contributed by atoms with Gasteiger partial charge in [0.25, 0.3) is 5.91 Å². The molecule has 1 atom stereocenters. The van der Waals surface area contributed by atoms with E-state index < -0.39 is 11.5 Å². The van der Waals surface area contributed by atoms with E-state index in [0.29, 0.717) is 17.5 Å². The molecule has 1 aromatic heterocycles. The van der Waals surface area contributed by atoms with Crippen molar-refractivity contribution in [1.29, 1.82) is 0 Å². The zero-order valence-electron chi connectivity index (χ0n) is 30.7. The van der Waals surface area contributed by atoms with Gasteiger partial charge in [-0.3, -0.25) is 9.59 Å². The molecule has 5 rings (SSSR count). The lowest BCUT2D eigenvalue weighted by Crippen LogP contribution is -2.43. The predicted molar refractivity (Wildman–Crippen MR) is 202 cm³/mol. The number of aryl methyl sites for hydroxylation is 6. The second-order valence-electron chi connectivity index (χ2n) is 13.4. The first-order chi connectivity index (χ1) is 23.9. The first-order valence-corrected chi connectivity index (χ1v) is 17.5. The Bertz CT molecular complexity index is 1890. The van der Waals surface area contributed by atoms with Crippen LogP contribution in [0.4, 0.5) is 17.1 Å². The molecule has 0 bridgehead atoms. The Morgan fingerprint density at radius 1 is 0.860 bits per heavy atom. The molecule has 0 radical (unpaired) electrons. The van der Waals surface area contributed by atoms with Gasteiger partial charge in [-0.1, -0.05) is 35.4 Å². The zero-order valence-corrected chi connectivity index (χ0v) is 30.7. The van der Waals surface area contributed by atoms with Gasteiger partial charge >= 0.3 is 5.63 Å². The number of fused-ring (bicyclic) bond motifs is 1. The maximum Gasteiger partial charge on any atom is 0.349 e. The van der Waals surface area contributed by atoms with Crippen molar-refractivity contribution in [3.63, 3.8) is 0 Å². The van der Waals surface area contributed by atoms with Crippen LogP contribution < -0.4 is 31.0 Å². The highest BCUT2D eigenvalue weighted by Gasteiger charge is 2.34. The van der Waals surface area contributed by atoms with Crippen molar-refractivity contribution < 1.29 is 18.7 Å². The SMILES string of the molecule is CCN(CC)c1ccc2cc(C(=O)NCCOCC(=O)NCC3CN(c4c(C)cc(C)cc4C)CN3c3c(C)cc(C)cc3C)c(=O)oc2c1. The van der Waals surface area contributed by atoms with Crippen LogP contribution in [0.3, 0.4) is 0 Å². The Morgan fingerprint density at radius 3 is 2.10 bits per heavy atom. The van der Waals surface area contributed by atoms with Crippen LogP contribution in [0.1, 0.15) is 57.6 Å². The van der Waals surface area contributed by atoms with Gasteiger partial charge in [-0.25, -0.2) is 4.79 Å². The lowest BCUT2D eigenvalue weighted by atomic mass is 10.0. The summed E-state index contributed by atoms with van der Waals surface area (Å²) in [5.41, 5.74) is 10.5. The number of benzene rings is 3. The van der Waals surface area contributed by atoms with E-state index in [9.17, 15) is 14.4 Å². The van der Waals surface area contributed by atoms with Gasteiger partial charge in [0.1, 0.15) is 17.8 Å². The Hall–Kier alpha value is -4.83. The first-order valence-electron chi connectivity index (χ1n) is 17.5. The second kappa shape index (κ2) is 15.8. The molecule has 0 spiro atoms. The monoisotopic (exact) mass is 681 g/mol. The van der Waals surface area contributed by atoms with Crippen LogP contribution in [0.5, 0.6) is 0 Å². The second-order valence-corrected chi connectivity index (χ2v) is 13.4. The van der Waals surface area contributed by atoms with Crippen molar-refractivity contribution in [3.05, 3.63) is 97.9 Å². The molecule has 2 heterocycles. The maximum absolute atomic E-state index is 12.9. The lowest BCUT2D eigenvalue weighted by Gasteiger charge is -2.29. The molecule has 2 N–H and O–H groups in total. The third kappa shape index (κ3) is 8.13. The topological polar surface area (TPSA) is 107 Å². The highest BCUT2D eigenvalue weighted by atomic mass is 16.5. The molecule has 4 aromatic rings. The fourth-order valence-corrected chi connectivity index (χ4v) is 7.42. The normalized spacial score (nSPS) is 14.4. The van der Waals surface area contributed by atoms with Crippen molar-refractivity contribution in [2.75, 3.05) is 67.3 Å². The minimum absolute atomic E-state index is 0.0518. The van der Waals surface area contributed by atoms with E-state index >= 15 is 0 Å². The number of anilines is 3. The van der Waals surface area contributed by atoms with Crippen LogP contribution in [0.15, 0.2) is 57.7 Å². The van der Waals surface area contributed by atoms with E-state index in [0.717, 1.165) is 32.0 Å². The van der Waals surface area contributed by atoms with E-state index in [2.05, 4.69) is 105 Å². The molecule has 266 valence electrons. The van der Waals surface area contributed by atoms with E-state index in [-0.39, 0.29) is 37.3 Å². The van der Waals surface area contributed by atoms with Gasteiger partial charge in [-0.15, -0.1) is 0 Å². The number of amides is 2. The number of hydrogen-bond donors (Lipinski definition) is 2. The van der Waals surface area contributed by atoms with Gasteiger partial charge in [-0.2, -0.15) is 0 Å². The molecule has 10 nitrogen and oxygen atoms in total. The van der Waals surface area contributed by atoms with Crippen LogP contribution in [-0.4, -0.2) is 70.5 Å². The number of nitrogens with zero attached hydrogens (tertiary/aromatic N) is 3. The van der Waals surface area contributed by atoms with Gasteiger partial charge < -0.3 is 34.5 Å². The summed E-state index contributed by atoms with van der Waals surface area (Å²) in [5.74, 6) is -0.776.